The van der Waals surface area contributed by atoms with Gasteiger partial charge in [-0.3, -0.25) is 9.78 Å². The third kappa shape index (κ3) is 3.08. The number of aromatic nitrogens is 2. The maximum atomic E-state index is 12.3. The first kappa shape index (κ1) is 14.9. The van der Waals surface area contributed by atoms with Crippen LogP contribution in [0.4, 0.5) is 0 Å². The minimum Gasteiger partial charge on any atom is -0.347 e. The Kier molecular flexibility index (Phi) is 4.31. The van der Waals surface area contributed by atoms with Gasteiger partial charge in [0.2, 0.25) is 0 Å². The van der Waals surface area contributed by atoms with Crippen molar-refractivity contribution in [3.63, 3.8) is 0 Å². The Balaban J connectivity index is 1.77. The summed E-state index contributed by atoms with van der Waals surface area (Å²) in [4.78, 5) is 21.7. The van der Waals surface area contributed by atoms with Crippen LogP contribution in [0.25, 0.3) is 11.3 Å². The molecule has 4 nitrogen and oxygen atoms in total. The molecular formula is C16H15N3OS2. The highest BCUT2D eigenvalue weighted by Crippen LogP contribution is 2.23. The van der Waals surface area contributed by atoms with E-state index in [1.165, 1.54) is 11.3 Å². The van der Waals surface area contributed by atoms with E-state index >= 15 is 0 Å². The third-order valence-electron chi connectivity index (χ3n) is 3.24. The first-order valence-electron chi connectivity index (χ1n) is 6.84. The summed E-state index contributed by atoms with van der Waals surface area (Å²) in [5, 5.41) is 7.96. The summed E-state index contributed by atoms with van der Waals surface area (Å²) in [6.07, 6.45) is 1.77. The molecule has 22 heavy (non-hydrogen) atoms. The van der Waals surface area contributed by atoms with Crippen molar-refractivity contribution in [3.05, 3.63) is 56.3 Å². The Morgan fingerprint density at radius 1 is 1.32 bits per heavy atom. The molecule has 0 saturated heterocycles. The number of carbonyl (C=O) groups excluding carboxylic acids is 1. The van der Waals surface area contributed by atoms with E-state index in [0.717, 1.165) is 27.5 Å². The van der Waals surface area contributed by atoms with Crippen LogP contribution in [0.1, 0.15) is 25.9 Å². The average molecular weight is 329 g/mol. The molecule has 0 radical (unpaired) electrons. The second-order valence-electron chi connectivity index (χ2n) is 4.85. The number of thiophene rings is 1. The van der Waals surface area contributed by atoms with Gasteiger partial charge < -0.3 is 5.32 Å². The van der Waals surface area contributed by atoms with Crippen LogP contribution in [0, 0.1) is 13.8 Å². The standard InChI is InChI=1S/C16H15N3OS2/c1-10-15(22-11(2)19-10)16(20)18-8-12-4-3-6-17-14(12)13-5-7-21-9-13/h3-7,9H,8H2,1-2H3,(H,18,20). The summed E-state index contributed by atoms with van der Waals surface area (Å²) >= 11 is 3.06. The Bertz CT molecular complexity index is 794. The molecule has 3 aromatic rings. The number of hydrogen-bond acceptors (Lipinski definition) is 5. The number of pyridine rings is 1. The van der Waals surface area contributed by atoms with E-state index in [1.807, 2.05) is 37.4 Å². The highest BCUT2D eigenvalue weighted by molar-refractivity contribution is 7.13. The smallest absolute Gasteiger partial charge is 0.263 e. The van der Waals surface area contributed by atoms with Gasteiger partial charge in [0.05, 0.1) is 16.4 Å². The van der Waals surface area contributed by atoms with Crippen LogP contribution in [0.5, 0.6) is 0 Å². The molecular weight excluding hydrogens is 314 g/mol. The molecule has 0 aliphatic carbocycles. The molecule has 3 heterocycles. The molecule has 0 unspecified atom stereocenters. The molecule has 0 aromatic carbocycles. The van der Waals surface area contributed by atoms with Crippen molar-refractivity contribution in [2.24, 2.45) is 0 Å². The van der Waals surface area contributed by atoms with Crippen LogP contribution in [-0.2, 0) is 6.54 Å². The second kappa shape index (κ2) is 6.37. The van der Waals surface area contributed by atoms with Crippen LogP contribution < -0.4 is 5.32 Å². The van der Waals surface area contributed by atoms with E-state index in [-0.39, 0.29) is 5.91 Å². The summed E-state index contributed by atoms with van der Waals surface area (Å²) < 4.78 is 0. The van der Waals surface area contributed by atoms with E-state index in [0.29, 0.717) is 11.4 Å². The number of rotatable bonds is 4. The summed E-state index contributed by atoms with van der Waals surface area (Å²) in [5.41, 5.74) is 3.79. The Morgan fingerprint density at radius 2 is 2.18 bits per heavy atom. The van der Waals surface area contributed by atoms with E-state index in [2.05, 4.69) is 20.7 Å². The van der Waals surface area contributed by atoms with Gasteiger partial charge in [-0.25, -0.2) is 4.98 Å². The van der Waals surface area contributed by atoms with Crippen LogP contribution in [-0.4, -0.2) is 15.9 Å². The Morgan fingerprint density at radius 3 is 2.86 bits per heavy atom. The van der Waals surface area contributed by atoms with Gasteiger partial charge in [0, 0.05) is 23.7 Å². The first-order valence-corrected chi connectivity index (χ1v) is 8.60. The lowest BCUT2D eigenvalue weighted by molar-refractivity contribution is 0.0954. The number of nitrogens with zero attached hydrogens (tertiary/aromatic N) is 2. The zero-order valence-corrected chi connectivity index (χ0v) is 13.9. The van der Waals surface area contributed by atoms with Crippen molar-refractivity contribution in [2.45, 2.75) is 20.4 Å². The van der Waals surface area contributed by atoms with Crippen LogP contribution >= 0.6 is 22.7 Å². The highest BCUT2D eigenvalue weighted by Gasteiger charge is 2.14. The van der Waals surface area contributed by atoms with Crippen LogP contribution in [0.15, 0.2) is 35.2 Å². The molecule has 1 N–H and O–H groups in total. The van der Waals surface area contributed by atoms with Crippen molar-refractivity contribution in [1.29, 1.82) is 0 Å². The quantitative estimate of drug-likeness (QED) is 0.792. The average Bonchev–Trinajstić information content (AvgIpc) is 3.15. The van der Waals surface area contributed by atoms with Crippen molar-refractivity contribution in [3.8, 4) is 11.3 Å². The van der Waals surface area contributed by atoms with Gasteiger partial charge in [-0.15, -0.1) is 11.3 Å². The van der Waals surface area contributed by atoms with Gasteiger partial charge in [0.25, 0.3) is 5.91 Å². The number of amides is 1. The molecule has 0 atom stereocenters. The minimum atomic E-state index is -0.0804. The van der Waals surface area contributed by atoms with Gasteiger partial charge in [0.15, 0.2) is 0 Å². The predicted octanol–water partition coefficient (Wildman–Crippen LogP) is 3.81. The highest BCUT2D eigenvalue weighted by atomic mass is 32.1. The molecule has 0 spiro atoms. The number of aryl methyl sites for hydroxylation is 2. The number of hydrogen-bond donors (Lipinski definition) is 1. The van der Waals surface area contributed by atoms with Crippen molar-refractivity contribution < 1.29 is 4.79 Å². The van der Waals surface area contributed by atoms with Gasteiger partial charge in [-0.1, -0.05) is 6.07 Å². The lowest BCUT2D eigenvalue weighted by atomic mass is 10.1. The normalized spacial score (nSPS) is 10.6. The molecule has 0 bridgehead atoms. The summed E-state index contributed by atoms with van der Waals surface area (Å²) in [5.74, 6) is -0.0804. The summed E-state index contributed by atoms with van der Waals surface area (Å²) in [6, 6.07) is 5.92. The topological polar surface area (TPSA) is 54.9 Å². The minimum absolute atomic E-state index is 0.0804. The van der Waals surface area contributed by atoms with Crippen molar-refractivity contribution in [2.75, 3.05) is 0 Å². The van der Waals surface area contributed by atoms with Crippen LogP contribution in [0.3, 0.4) is 0 Å². The predicted molar refractivity (Wildman–Crippen MR) is 90.3 cm³/mol. The summed E-state index contributed by atoms with van der Waals surface area (Å²) in [6.45, 7) is 4.22. The van der Waals surface area contributed by atoms with E-state index in [4.69, 9.17) is 0 Å². The van der Waals surface area contributed by atoms with E-state index in [9.17, 15) is 4.79 Å². The fourth-order valence-corrected chi connectivity index (χ4v) is 3.71. The fourth-order valence-electron chi connectivity index (χ4n) is 2.24. The molecule has 3 aromatic heterocycles. The number of carbonyl (C=O) groups is 1. The molecule has 0 fully saturated rings. The molecule has 0 aliphatic heterocycles. The number of thiazole rings is 1. The number of nitrogens with one attached hydrogen (secondary N) is 1. The van der Waals surface area contributed by atoms with E-state index < -0.39 is 0 Å². The maximum Gasteiger partial charge on any atom is 0.263 e. The summed E-state index contributed by atoms with van der Waals surface area (Å²) in [7, 11) is 0. The van der Waals surface area contributed by atoms with Gasteiger partial charge in [-0.2, -0.15) is 11.3 Å². The lowest BCUT2D eigenvalue weighted by Crippen LogP contribution is -2.23. The maximum absolute atomic E-state index is 12.3. The largest absolute Gasteiger partial charge is 0.347 e. The molecule has 112 valence electrons. The monoisotopic (exact) mass is 329 g/mol. The van der Waals surface area contributed by atoms with Crippen molar-refractivity contribution in [1.82, 2.24) is 15.3 Å². The molecule has 3 rings (SSSR count). The van der Waals surface area contributed by atoms with Gasteiger partial charge >= 0.3 is 0 Å². The Hall–Kier alpha value is -2.05. The third-order valence-corrected chi connectivity index (χ3v) is 4.99. The van der Waals surface area contributed by atoms with E-state index in [1.54, 1.807) is 17.5 Å². The molecule has 1 amide bonds. The Labute approximate surface area is 136 Å². The zero-order valence-electron chi connectivity index (χ0n) is 12.3. The SMILES string of the molecule is Cc1nc(C)c(C(=O)NCc2cccnc2-c2ccsc2)s1. The zero-order chi connectivity index (χ0) is 15.5. The van der Waals surface area contributed by atoms with Crippen molar-refractivity contribution >= 4 is 28.6 Å². The molecule has 0 saturated carbocycles. The second-order valence-corrected chi connectivity index (χ2v) is 6.84. The molecule has 0 aliphatic rings. The van der Waals surface area contributed by atoms with Crippen LogP contribution in [0.2, 0.25) is 0 Å². The first-order chi connectivity index (χ1) is 10.6. The lowest BCUT2D eigenvalue weighted by Gasteiger charge is -2.08. The van der Waals surface area contributed by atoms with Gasteiger partial charge in [-0.05, 0) is 36.9 Å². The molecule has 6 heteroatoms. The fraction of sp³-hybridized carbons (Fsp3) is 0.188. The van der Waals surface area contributed by atoms with Gasteiger partial charge in [0.1, 0.15) is 4.88 Å².